The monoisotopic (exact) mass is 457 g/mol. The number of nitrogens with zero attached hydrogens (tertiary/aromatic N) is 1. The Labute approximate surface area is 194 Å². The zero-order valence-corrected chi connectivity index (χ0v) is 19.9. The number of aromatic amines is 1. The van der Waals surface area contributed by atoms with E-state index in [9.17, 15) is 19.5 Å². The van der Waals surface area contributed by atoms with Gasteiger partial charge in [0.15, 0.2) is 5.95 Å². The number of H-pyrrole nitrogens is 1. The maximum absolute atomic E-state index is 13.4. The maximum atomic E-state index is 13.4. The van der Waals surface area contributed by atoms with Gasteiger partial charge in [0, 0.05) is 23.2 Å². The minimum absolute atomic E-state index is 0.0898. The van der Waals surface area contributed by atoms with Gasteiger partial charge in [-0.1, -0.05) is 33.8 Å². The number of rotatable bonds is 3. The van der Waals surface area contributed by atoms with E-state index in [1.54, 1.807) is 6.08 Å². The summed E-state index contributed by atoms with van der Waals surface area (Å²) in [6.07, 6.45) is 4.63. The Morgan fingerprint density at radius 3 is 2.67 bits per heavy atom. The summed E-state index contributed by atoms with van der Waals surface area (Å²) < 4.78 is 6.08. The number of aliphatic hydroxyl groups excluding tert-OH is 1. The van der Waals surface area contributed by atoms with Crippen LogP contribution in [0.15, 0.2) is 23.6 Å². The second kappa shape index (κ2) is 7.79. The zero-order chi connectivity index (χ0) is 24.3. The van der Waals surface area contributed by atoms with Gasteiger partial charge in [0.05, 0.1) is 12.3 Å². The van der Waals surface area contributed by atoms with Crippen LogP contribution in [0.2, 0.25) is 0 Å². The summed E-state index contributed by atoms with van der Waals surface area (Å²) in [6.45, 7) is 12.1. The van der Waals surface area contributed by atoms with Crippen LogP contribution in [-0.2, 0) is 9.53 Å². The molecule has 33 heavy (non-hydrogen) atoms. The number of carbonyl (C=O) groups is 2. The highest BCUT2D eigenvalue weighted by molar-refractivity contribution is 5.89. The molecule has 0 aliphatic heterocycles. The van der Waals surface area contributed by atoms with E-state index in [2.05, 4.69) is 37.3 Å². The number of hydrogen-bond donors (Lipinski definition) is 3. The summed E-state index contributed by atoms with van der Waals surface area (Å²) in [4.78, 5) is 45.0. The first-order valence-electron chi connectivity index (χ1n) is 11.8. The SMILES string of the molecule is C=C[C@]1(C)C[C@@H](OC(=O)c2cnc(N)[nH]c2=O)[C@@]2(C)C3C(=O)CCC3(CC[C@H]2C)[C@@H](C)[C@@H]1O. The first-order valence-corrected chi connectivity index (χ1v) is 11.8. The van der Waals surface area contributed by atoms with Crippen LogP contribution in [0.4, 0.5) is 5.95 Å². The van der Waals surface area contributed by atoms with Crippen LogP contribution in [-0.4, -0.2) is 39.0 Å². The van der Waals surface area contributed by atoms with Gasteiger partial charge in [-0.05, 0) is 42.9 Å². The Kier molecular flexibility index (Phi) is 5.59. The van der Waals surface area contributed by atoms with E-state index >= 15 is 0 Å². The van der Waals surface area contributed by atoms with E-state index in [0.717, 1.165) is 25.5 Å². The Bertz CT molecular complexity index is 1050. The predicted octanol–water partition coefficient (Wildman–Crippen LogP) is 2.87. The van der Waals surface area contributed by atoms with Gasteiger partial charge in [-0.15, -0.1) is 6.58 Å². The van der Waals surface area contributed by atoms with Crippen molar-refractivity contribution in [3.05, 3.63) is 34.8 Å². The third-order valence-electron chi connectivity index (χ3n) is 9.59. The molecule has 3 aliphatic rings. The van der Waals surface area contributed by atoms with Crippen molar-refractivity contribution in [3.8, 4) is 0 Å². The number of nitrogens with one attached hydrogen (secondary N) is 1. The molecule has 1 heterocycles. The molecular formula is C25H35N3O5. The van der Waals surface area contributed by atoms with Crippen molar-refractivity contribution < 1.29 is 19.4 Å². The molecule has 8 atom stereocenters. The van der Waals surface area contributed by atoms with Crippen LogP contribution in [0.25, 0.3) is 0 Å². The van der Waals surface area contributed by atoms with Crippen LogP contribution in [0.5, 0.6) is 0 Å². The molecule has 4 N–H and O–H groups in total. The fourth-order valence-corrected chi connectivity index (χ4v) is 7.25. The Hall–Kier alpha value is -2.48. The van der Waals surface area contributed by atoms with Gasteiger partial charge in [-0.3, -0.25) is 14.6 Å². The molecule has 3 saturated carbocycles. The average Bonchev–Trinajstić information content (AvgIpc) is 3.12. The molecule has 0 spiro atoms. The summed E-state index contributed by atoms with van der Waals surface area (Å²) >= 11 is 0. The molecule has 0 radical (unpaired) electrons. The van der Waals surface area contributed by atoms with Crippen molar-refractivity contribution >= 4 is 17.7 Å². The van der Waals surface area contributed by atoms with Gasteiger partial charge in [0.2, 0.25) is 0 Å². The van der Waals surface area contributed by atoms with E-state index in [1.165, 1.54) is 0 Å². The van der Waals surface area contributed by atoms with Crippen molar-refractivity contribution in [2.75, 3.05) is 5.73 Å². The molecule has 180 valence electrons. The zero-order valence-electron chi connectivity index (χ0n) is 19.9. The molecule has 1 aromatic rings. The van der Waals surface area contributed by atoms with Gasteiger partial charge >= 0.3 is 5.97 Å². The molecular weight excluding hydrogens is 422 g/mol. The number of nitrogen functional groups attached to an aromatic ring is 1. The molecule has 0 saturated heterocycles. The van der Waals surface area contributed by atoms with Crippen LogP contribution in [0, 0.1) is 34.0 Å². The summed E-state index contributed by atoms with van der Waals surface area (Å²) in [5.41, 5.74) is 2.87. The highest BCUT2D eigenvalue weighted by atomic mass is 16.5. The maximum Gasteiger partial charge on any atom is 0.345 e. The first-order chi connectivity index (χ1) is 15.4. The van der Waals surface area contributed by atoms with Crippen LogP contribution in [0.3, 0.4) is 0 Å². The fourth-order valence-electron chi connectivity index (χ4n) is 7.25. The van der Waals surface area contributed by atoms with Crippen LogP contribution < -0.4 is 11.3 Å². The van der Waals surface area contributed by atoms with Crippen LogP contribution in [0.1, 0.15) is 70.2 Å². The summed E-state index contributed by atoms with van der Waals surface area (Å²) in [6, 6.07) is 0. The van der Waals surface area contributed by atoms with Gasteiger partial charge in [-0.2, -0.15) is 0 Å². The number of ketones is 1. The van der Waals surface area contributed by atoms with E-state index in [1.807, 2.05) is 6.92 Å². The molecule has 0 amide bonds. The van der Waals surface area contributed by atoms with E-state index in [-0.39, 0.29) is 40.5 Å². The number of esters is 1. The molecule has 8 nitrogen and oxygen atoms in total. The van der Waals surface area contributed by atoms with Crippen molar-refractivity contribution in [2.45, 2.75) is 72.0 Å². The van der Waals surface area contributed by atoms with E-state index in [0.29, 0.717) is 12.8 Å². The Morgan fingerprint density at radius 2 is 2.03 bits per heavy atom. The summed E-state index contributed by atoms with van der Waals surface area (Å²) in [5.74, 6) is -1.04. The lowest BCUT2D eigenvalue weighted by atomic mass is 9.44. The topological polar surface area (TPSA) is 135 Å². The summed E-state index contributed by atoms with van der Waals surface area (Å²) in [7, 11) is 0. The number of carbonyl (C=O) groups excluding carboxylic acids is 2. The lowest BCUT2D eigenvalue weighted by Gasteiger charge is -2.61. The van der Waals surface area contributed by atoms with Gasteiger partial charge in [-0.25, -0.2) is 9.78 Å². The molecule has 2 unspecified atom stereocenters. The minimum atomic E-state index is -0.807. The number of nitrogens with two attached hydrogens (primary N) is 1. The quantitative estimate of drug-likeness (QED) is 0.469. The molecule has 8 heteroatoms. The van der Waals surface area contributed by atoms with Crippen molar-refractivity contribution in [1.29, 1.82) is 0 Å². The molecule has 3 aliphatic carbocycles. The van der Waals surface area contributed by atoms with Gasteiger partial charge in [0.1, 0.15) is 17.5 Å². The minimum Gasteiger partial charge on any atom is -0.458 e. The highest BCUT2D eigenvalue weighted by Crippen LogP contribution is 2.68. The second-order valence-corrected chi connectivity index (χ2v) is 11.0. The Morgan fingerprint density at radius 1 is 1.33 bits per heavy atom. The lowest BCUT2D eigenvalue weighted by Crippen LogP contribution is -2.63. The number of hydrogen-bond acceptors (Lipinski definition) is 7. The average molecular weight is 458 g/mol. The molecule has 3 fully saturated rings. The van der Waals surface area contributed by atoms with E-state index < -0.39 is 34.6 Å². The number of ether oxygens (including phenoxy) is 1. The van der Waals surface area contributed by atoms with Gasteiger partial charge < -0.3 is 15.6 Å². The van der Waals surface area contributed by atoms with Gasteiger partial charge in [0.25, 0.3) is 5.56 Å². The lowest BCUT2D eigenvalue weighted by molar-refractivity contribution is -0.192. The third-order valence-corrected chi connectivity index (χ3v) is 9.59. The third kappa shape index (κ3) is 3.28. The van der Waals surface area contributed by atoms with Crippen LogP contribution >= 0.6 is 0 Å². The van der Waals surface area contributed by atoms with Crippen molar-refractivity contribution in [2.24, 2.45) is 34.0 Å². The molecule has 0 aromatic carbocycles. The smallest absolute Gasteiger partial charge is 0.345 e. The van der Waals surface area contributed by atoms with Crippen molar-refractivity contribution in [1.82, 2.24) is 9.97 Å². The molecule has 4 rings (SSSR count). The normalized spacial score (nSPS) is 42.7. The number of Topliss-reactive ketones (excluding diaryl/α,β-unsaturated/α-hetero) is 1. The molecule has 2 bridgehead atoms. The first kappa shape index (κ1) is 23.7. The van der Waals surface area contributed by atoms with Crippen molar-refractivity contribution in [3.63, 3.8) is 0 Å². The number of aliphatic hydroxyl groups is 1. The highest BCUT2D eigenvalue weighted by Gasteiger charge is 2.68. The fraction of sp³-hybridized carbons (Fsp3) is 0.680. The second-order valence-electron chi connectivity index (χ2n) is 11.0. The number of aromatic nitrogens is 2. The largest absolute Gasteiger partial charge is 0.458 e. The standard InChI is InChI=1S/C25H35N3O5/c1-6-23(4)11-17(33-21(32)15-12-27-22(26)28-20(15)31)24(5)13(2)7-9-25(14(3)19(23)30)10-8-16(29)18(24)25/h6,12-14,17-19,30H,1,7-11H2,2-5H3,(H3,26,27,28,31)/t13-,14+,17-,18?,19+,23-,24+,25?/m1/s1. The summed E-state index contributed by atoms with van der Waals surface area (Å²) in [5, 5.41) is 11.5. The van der Waals surface area contributed by atoms with E-state index in [4.69, 9.17) is 10.5 Å². The number of anilines is 1. The molecule has 1 aromatic heterocycles. The Balaban J connectivity index is 1.85. The predicted molar refractivity (Wildman–Crippen MR) is 123 cm³/mol.